The Hall–Kier alpha value is -2.52. The van der Waals surface area contributed by atoms with Gasteiger partial charge in [0.25, 0.3) is 0 Å². The van der Waals surface area contributed by atoms with Crippen molar-refractivity contribution >= 4 is 16.6 Å². The van der Waals surface area contributed by atoms with Crippen LogP contribution in [0.5, 0.6) is 0 Å². The van der Waals surface area contributed by atoms with Gasteiger partial charge in [0.15, 0.2) is 0 Å². The maximum Gasteiger partial charge on any atom is 0.0734 e. The number of nitrogens with one attached hydrogen (secondary N) is 3. The third kappa shape index (κ3) is 3.51. The number of hydrogen-bond donors (Lipinski definition) is 3. The zero-order chi connectivity index (χ0) is 22.7. The van der Waals surface area contributed by atoms with Crippen molar-refractivity contribution < 1.29 is 0 Å². The molecule has 4 bridgehead atoms. The molecule has 3 nitrogen and oxygen atoms in total. The van der Waals surface area contributed by atoms with Crippen LogP contribution in [0.15, 0.2) is 60.2 Å². The minimum Gasteiger partial charge on any atom is -0.379 e. The maximum atomic E-state index is 4.02. The first-order valence-electron chi connectivity index (χ1n) is 13.6. The fraction of sp³-hybridized carbons (Fsp3) is 0.484. The number of para-hydroxylation sites is 1. The first kappa shape index (κ1) is 20.8. The van der Waals surface area contributed by atoms with Gasteiger partial charge in [0.1, 0.15) is 0 Å². The van der Waals surface area contributed by atoms with Gasteiger partial charge in [-0.15, -0.1) is 0 Å². The summed E-state index contributed by atoms with van der Waals surface area (Å²) in [6.07, 6.45) is 14.2. The van der Waals surface area contributed by atoms with Crippen molar-refractivity contribution in [2.24, 2.45) is 11.8 Å². The van der Waals surface area contributed by atoms with Crippen molar-refractivity contribution in [3.05, 3.63) is 77.0 Å². The molecule has 0 spiro atoms. The van der Waals surface area contributed by atoms with Crippen molar-refractivity contribution in [3.63, 3.8) is 0 Å². The molecule has 1 aromatic heterocycles. The number of allylic oxidation sites excluding steroid dienone is 1. The van der Waals surface area contributed by atoms with Gasteiger partial charge in [0, 0.05) is 33.9 Å². The molecule has 8 rings (SSSR count). The highest BCUT2D eigenvalue weighted by molar-refractivity contribution is 5.85. The van der Waals surface area contributed by atoms with Crippen molar-refractivity contribution in [2.45, 2.75) is 82.3 Å². The second kappa shape index (κ2) is 8.02. The van der Waals surface area contributed by atoms with Gasteiger partial charge in [-0.2, -0.15) is 0 Å². The number of rotatable bonds is 6. The molecule has 5 atom stereocenters. The Kier molecular flexibility index (Phi) is 4.91. The average Bonchev–Trinajstić information content (AvgIpc) is 3.20. The smallest absolute Gasteiger partial charge is 0.0734 e. The molecule has 2 saturated carbocycles. The Morgan fingerprint density at radius 2 is 1.91 bits per heavy atom. The lowest BCUT2D eigenvalue weighted by molar-refractivity contribution is 0.151. The van der Waals surface area contributed by atoms with Gasteiger partial charge < -0.3 is 15.6 Å². The molecule has 2 aromatic carbocycles. The molecule has 5 aliphatic rings. The molecular weight excluding hydrogens is 414 g/mol. The molecule has 2 fully saturated rings. The van der Waals surface area contributed by atoms with E-state index in [1.165, 1.54) is 84.8 Å². The summed E-state index contributed by atoms with van der Waals surface area (Å²) >= 11 is 0. The van der Waals surface area contributed by atoms with E-state index in [0.29, 0.717) is 11.6 Å². The third-order valence-electron chi connectivity index (χ3n) is 9.10. The van der Waals surface area contributed by atoms with Gasteiger partial charge in [-0.25, -0.2) is 0 Å². The van der Waals surface area contributed by atoms with Crippen LogP contribution in [0.1, 0.15) is 81.2 Å². The lowest BCUT2D eigenvalue weighted by Gasteiger charge is -2.53. The summed E-state index contributed by atoms with van der Waals surface area (Å²) in [4.78, 5) is 3.77. The molecule has 3 N–H and O–H groups in total. The fourth-order valence-electron chi connectivity index (χ4n) is 7.92. The average molecular weight is 452 g/mol. The number of benzene rings is 2. The van der Waals surface area contributed by atoms with Gasteiger partial charge in [0.05, 0.1) is 6.04 Å². The van der Waals surface area contributed by atoms with E-state index in [1.54, 1.807) is 5.57 Å². The second-order valence-electron chi connectivity index (χ2n) is 11.7. The number of anilines is 1. The van der Waals surface area contributed by atoms with Gasteiger partial charge >= 0.3 is 0 Å². The molecule has 4 aliphatic carbocycles. The zero-order valence-electron chi connectivity index (χ0n) is 20.4. The van der Waals surface area contributed by atoms with E-state index in [-0.39, 0.29) is 6.04 Å². The Bertz CT molecular complexity index is 1240. The summed E-state index contributed by atoms with van der Waals surface area (Å²) in [5.74, 6) is 1.72. The second-order valence-corrected chi connectivity index (χ2v) is 11.7. The van der Waals surface area contributed by atoms with Gasteiger partial charge in [-0.3, -0.25) is 0 Å². The number of unbranched alkanes of at least 4 members (excludes halogenated alkanes) is 1. The maximum absolute atomic E-state index is 4.02. The predicted octanol–water partition coefficient (Wildman–Crippen LogP) is 7.26. The van der Waals surface area contributed by atoms with Crippen LogP contribution in [0.3, 0.4) is 0 Å². The summed E-state index contributed by atoms with van der Waals surface area (Å²) in [6, 6.07) is 19.0. The number of aromatic nitrogens is 1. The summed E-state index contributed by atoms with van der Waals surface area (Å²) in [6.45, 7) is 2.30. The molecular formula is C31H37N3. The first-order chi connectivity index (χ1) is 16.7. The molecule has 3 heteroatoms. The Morgan fingerprint density at radius 1 is 1.03 bits per heavy atom. The van der Waals surface area contributed by atoms with Crippen LogP contribution in [0, 0.1) is 11.8 Å². The van der Waals surface area contributed by atoms with E-state index in [2.05, 4.69) is 77.1 Å². The molecule has 0 radical (unpaired) electrons. The summed E-state index contributed by atoms with van der Waals surface area (Å²) in [5.41, 5.74) is 8.83. The predicted molar refractivity (Wildman–Crippen MR) is 141 cm³/mol. The van der Waals surface area contributed by atoms with Gasteiger partial charge in [-0.05, 0) is 86.1 Å². The molecule has 3 aromatic rings. The molecule has 0 amide bonds. The largest absolute Gasteiger partial charge is 0.379 e. The van der Waals surface area contributed by atoms with Gasteiger partial charge in [-0.1, -0.05) is 61.7 Å². The highest BCUT2D eigenvalue weighted by Crippen LogP contribution is 2.53. The summed E-state index contributed by atoms with van der Waals surface area (Å²) in [5, 5.41) is 9.44. The lowest BCUT2D eigenvalue weighted by Crippen LogP contribution is -2.51. The molecule has 3 unspecified atom stereocenters. The van der Waals surface area contributed by atoms with E-state index >= 15 is 0 Å². The van der Waals surface area contributed by atoms with Crippen LogP contribution in [0.25, 0.3) is 10.9 Å². The van der Waals surface area contributed by atoms with E-state index in [1.807, 2.05) is 0 Å². The lowest BCUT2D eigenvalue weighted by atomic mass is 9.57. The molecule has 34 heavy (non-hydrogen) atoms. The highest BCUT2D eigenvalue weighted by atomic mass is 15.0. The monoisotopic (exact) mass is 451 g/mol. The SMILES string of the molecule is CCCC[C@H]1Cc2c([nH]c3ccccc23)[C@H](c2ccc(NC34CC5=CC(CC(C5)C3)C4)cc2)N1. The highest BCUT2D eigenvalue weighted by Gasteiger charge is 2.47. The standard InChI is InChI=1S/C31H37N3/c1-2-3-6-25-16-27-26-7-4-5-8-28(26)33-30(27)29(32-25)23-9-11-24(12-10-23)34-31-17-20-13-21(18-31)15-22(14-20)19-31/h4-5,7-13,20,22,25,29,32-34H,2-3,6,14-19H2,1H3/t20?,22?,25-,29-,31?/m0/s1. The third-order valence-corrected chi connectivity index (χ3v) is 9.10. The minimum atomic E-state index is 0.233. The van der Waals surface area contributed by atoms with Crippen LogP contribution in [-0.4, -0.2) is 16.6 Å². The van der Waals surface area contributed by atoms with Crippen LogP contribution in [-0.2, 0) is 6.42 Å². The van der Waals surface area contributed by atoms with E-state index in [9.17, 15) is 0 Å². The van der Waals surface area contributed by atoms with E-state index < -0.39 is 0 Å². The van der Waals surface area contributed by atoms with Crippen LogP contribution in [0.2, 0.25) is 0 Å². The van der Waals surface area contributed by atoms with E-state index in [4.69, 9.17) is 0 Å². The van der Waals surface area contributed by atoms with Gasteiger partial charge in [0.2, 0.25) is 0 Å². The van der Waals surface area contributed by atoms with Crippen molar-refractivity contribution in [1.29, 1.82) is 0 Å². The fourth-order valence-corrected chi connectivity index (χ4v) is 7.92. The minimum absolute atomic E-state index is 0.233. The Labute approximate surface area is 203 Å². The number of fused-ring (bicyclic) bond motifs is 3. The number of aromatic amines is 1. The normalized spacial score (nSPS) is 31.5. The van der Waals surface area contributed by atoms with Crippen LogP contribution >= 0.6 is 0 Å². The topological polar surface area (TPSA) is 39.9 Å². The van der Waals surface area contributed by atoms with Crippen LogP contribution in [0.4, 0.5) is 5.69 Å². The number of H-pyrrole nitrogens is 1. The molecule has 0 saturated heterocycles. The zero-order valence-corrected chi connectivity index (χ0v) is 20.4. The van der Waals surface area contributed by atoms with Crippen molar-refractivity contribution in [1.82, 2.24) is 10.3 Å². The van der Waals surface area contributed by atoms with Crippen molar-refractivity contribution in [3.8, 4) is 0 Å². The quantitative estimate of drug-likeness (QED) is 0.345. The Balaban J connectivity index is 1.17. The first-order valence-corrected chi connectivity index (χ1v) is 13.6. The molecule has 1 aliphatic heterocycles. The van der Waals surface area contributed by atoms with E-state index in [0.717, 1.165) is 18.3 Å². The van der Waals surface area contributed by atoms with Crippen molar-refractivity contribution in [2.75, 3.05) is 5.32 Å². The summed E-state index contributed by atoms with van der Waals surface area (Å²) in [7, 11) is 0. The summed E-state index contributed by atoms with van der Waals surface area (Å²) < 4.78 is 0. The molecule has 176 valence electrons. The van der Waals surface area contributed by atoms with Crippen LogP contribution < -0.4 is 10.6 Å². The number of hydrogen-bond acceptors (Lipinski definition) is 2. The molecule has 2 heterocycles. The Morgan fingerprint density at radius 3 is 2.74 bits per heavy atom.